The van der Waals surface area contributed by atoms with Crippen LogP contribution >= 0.6 is 11.6 Å². The highest BCUT2D eigenvalue weighted by molar-refractivity contribution is 7.92. The average Bonchev–Trinajstić information content (AvgIpc) is 2.75. The van der Waals surface area contributed by atoms with Crippen LogP contribution in [0.3, 0.4) is 0 Å². The number of nitrogens with zero attached hydrogens (tertiary/aromatic N) is 2. The topological polar surface area (TPSA) is 86.8 Å². The van der Waals surface area contributed by atoms with Gasteiger partial charge in [-0.3, -0.25) is 13.9 Å². The van der Waals surface area contributed by atoms with Crippen LogP contribution < -0.4 is 9.62 Å². The van der Waals surface area contributed by atoms with Crippen molar-refractivity contribution in [1.29, 1.82) is 0 Å². The van der Waals surface area contributed by atoms with E-state index in [0.29, 0.717) is 17.1 Å². The van der Waals surface area contributed by atoms with E-state index in [2.05, 4.69) is 5.32 Å². The van der Waals surface area contributed by atoms with Crippen molar-refractivity contribution in [1.82, 2.24) is 10.2 Å². The Hall–Kier alpha value is -2.65. The van der Waals surface area contributed by atoms with Crippen molar-refractivity contribution in [2.45, 2.75) is 40.3 Å². The van der Waals surface area contributed by atoms with E-state index in [1.807, 2.05) is 13.8 Å². The van der Waals surface area contributed by atoms with Crippen LogP contribution in [0.2, 0.25) is 5.02 Å². The number of sulfonamides is 1. The third-order valence-corrected chi connectivity index (χ3v) is 6.63. The molecule has 0 bridgehead atoms. The summed E-state index contributed by atoms with van der Waals surface area (Å²) in [4.78, 5) is 27.4. The van der Waals surface area contributed by atoms with E-state index in [1.165, 1.54) is 36.1 Å². The van der Waals surface area contributed by atoms with Gasteiger partial charge in [-0.05, 0) is 43.5 Å². The first-order valence-electron chi connectivity index (χ1n) is 10.9. The van der Waals surface area contributed by atoms with Gasteiger partial charge in [-0.1, -0.05) is 49.7 Å². The molecule has 0 saturated heterocycles. The minimum atomic E-state index is -3.88. The predicted molar refractivity (Wildman–Crippen MR) is 133 cm³/mol. The fraction of sp³-hybridized carbons (Fsp3) is 0.417. The molecule has 2 amide bonds. The molecule has 0 aliphatic heterocycles. The number of aryl methyl sites for hydroxylation is 1. The maximum absolute atomic E-state index is 14.4. The van der Waals surface area contributed by atoms with E-state index in [4.69, 9.17) is 11.6 Å². The highest BCUT2D eigenvalue weighted by Crippen LogP contribution is 2.27. The summed E-state index contributed by atoms with van der Waals surface area (Å²) in [6.07, 6.45) is 0.987. The Balaban J connectivity index is 2.43. The molecule has 0 fully saturated rings. The van der Waals surface area contributed by atoms with Crippen molar-refractivity contribution >= 4 is 39.1 Å². The van der Waals surface area contributed by atoms with Crippen LogP contribution in [0.5, 0.6) is 0 Å². The highest BCUT2D eigenvalue weighted by Gasteiger charge is 2.31. The number of carbonyl (C=O) groups excluding carboxylic acids is 2. The molecule has 34 heavy (non-hydrogen) atoms. The summed E-state index contributed by atoms with van der Waals surface area (Å²) in [5, 5.41) is 3.08. The van der Waals surface area contributed by atoms with Crippen molar-refractivity contribution in [2.24, 2.45) is 5.92 Å². The number of rotatable bonds is 10. The summed E-state index contributed by atoms with van der Waals surface area (Å²) in [5.74, 6) is -1.40. The molecule has 2 aromatic rings. The number of benzene rings is 2. The smallest absolute Gasteiger partial charge is 0.244 e. The van der Waals surface area contributed by atoms with Gasteiger partial charge in [-0.25, -0.2) is 12.8 Å². The minimum absolute atomic E-state index is 0.193. The van der Waals surface area contributed by atoms with E-state index in [1.54, 1.807) is 25.1 Å². The fourth-order valence-electron chi connectivity index (χ4n) is 3.29. The largest absolute Gasteiger partial charge is 0.354 e. The minimum Gasteiger partial charge on any atom is -0.354 e. The van der Waals surface area contributed by atoms with Crippen molar-refractivity contribution in [3.63, 3.8) is 0 Å². The Morgan fingerprint density at radius 3 is 2.35 bits per heavy atom. The van der Waals surface area contributed by atoms with Crippen LogP contribution in [0.4, 0.5) is 10.1 Å². The van der Waals surface area contributed by atoms with Gasteiger partial charge in [-0.15, -0.1) is 0 Å². The number of hydrogen-bond donors (Lipinski definition) is 1. The second kappa shape index (κ2) is 11.7. The molecule has 2 aromatic carbocycles. The third kappa shape index (κ3) is 7.43. The SMILES string of the molecule is Cc1ccc(Cl)cc1N(CC(=O)N(Cc1ccccc1F)[C@@H](C)C(=O)NCC(C)C)S(C)(=O)=O. The molecular formula is C24H31ClFN3O4S. The van der Waals surface area contributed by atoms with Crippen LogP contribution in [0.25, 0.3) is 0 Å². The summed E-state index contributed by atoms with van der Waals surface area (Å²) in [6, 6.07) is 9.70. The quantitative estimate of drug-likeness (QED) is 0.526. The summed E-state index contributed by atoms with van der Waals surface area (Å²) in [7, 11) is -3.88. The molecule has 0 heterocycles. The fourth-order valence-corrected chi connectivity index (χ4v) is 4.36. The third-order valence-electron chi connectivity index (χ3n) is 5.27. The normalized spacial score (nSPS) is 12.4. The van der Waals surface area contributed by atoms with Crippen LogP contribution in [-0.2, 0) is 26.2 Å². The lowest BCUT2D eigenvalue weighted by Gasteiger charge is -2.32. The molecule has 0 aromatic heterocycles. The van der Waals surface area contributed by atoms with Gasteiger partial charge in [0.15, 0.2) is 0 Å². The Morgan fingerprint density at radius 2 is 1.76 bits per heavy atom. The first kappa shape index (κ1) is 27.6. The van der Waals surface area contributed by atoms with E-state index < -0.39 is 40.2 Å². The molecule has 10 heteroatoms. The lowest BCUT2D eigenvalue weighted by atomic mass is 10.1. The van der Waals surface area contributed by atoms with Crippen LogP contribution in [0, 0.1) is 18.7 Å². The first-order valence-corrected chi connectivity index (χ1v) is 13.1. The van der Waals surface area contributed by atoms with E-state index >= 15 is 0 Å². The van der Waals surface area contributed by atoms with E-state index in [-0.39, 0.29) is 23.7 Å². The number of hydrogen-bond acceptors (Lipinski definition) is 4. The molecule has 186 valence electrons. The molecular weight excluding hydrogens is 481 g/mol. The zero-order chi connectivity index (χ0) is 25.6. The lowest BCUT2D eigenvalue weighted by molar-refractivity contribution is -0.139. The molecule has 0 aliphatic carbocycles. The van der Waals surface area contributed by atoms with Gasteiger partial charge in [-0.2, -0.15) is 0 Å². The maximum atomic E-state index is 14.4. The van der Waals surface area contributed by atoms with Gasteiger partial charge < -0.3 is 10.2 Å². The molecule has 7 nitrogen and oxygen atoms in total. The monoisotopic (exact) mass is 511 g/mol. The van der Waals surface area contributed by atoms with E-state index in [9.17, 15) is 22.4 Å². The molecule has 2 rings (SSSR count). The van der Waals surface area contributed by atoms with Crippen molar-refractivity contribution < 1.29 is 22.4 Å². The van der Waals surface area contributed by atoms with Crippen LogP contribution in [-0.4, -0.2) is 50.5 Å². The van der Waals surface area contributed by atoms with Crippen LogP contribution in [0.1, 0.15) is 31.9 Å². The first-order chi connectivity index (χ1) is 15.8. The Bertz CT molecular complexity index is 1140. The second-order valence-electron chi connectivity index (χ2n) is 8.63. The zero-order valence-electron chi connectivity index (χ0n) is 20.0. The number of carbonyl (C=O) groups is 2. The molecule has 0 spiro atoms. The maximum Gasteiger partial charge on any atom is 0.244 e. The standard InChI is InChI=1S/C24H31ClFN3O4S/c1-16(2)13-27-24(31)18(4)28(14-19-8-6-7-9-21(19)26)23(30)15-29(34(5,32)33)22-12-20(25)11-10-17(22)3/h6-12,16,18H,13-15H2,1-5H3,(H,27,31)/t18-/m0/s1. The average molecular weight is 512 g/mol. The molecule has 0 unspecified atom stereocenters. The zero-order valence-corrected chi connectivity index (χ0v) is 21.6. The van der Waals surface area contributed by atoms with Gasteiger partial charge in [0.1, 0.15) is 18.4 Å². The van der Waals surface area contributed by atoms with Crippen molar-refractivity contribution in [3.05, 3.63) is 64.4 Å². The summed E-state index contributed by atoms with van der Waals surface area (Å²) >= 11 is 6.08. The number of anilines is 1. The second-order valence-corrected chi connectivity index (χ2v) is 11.0. The molecule has 1 N–H and O–H groups in total. The van der Waals surface area contributed by atoms with Crippen LogP contribution in [0.15, 0.2) is 42.5 Å². The van der Waals surface area contributed by atoms with Crippen molar-refractivity contribution in [2.75, 3.05) is 23.7 Å². The molecule has 0 saturated carbocycles. The number of halogens is 2. The number of nitrogens with one attached hydrogen (secondary N) is 1. The van der Waals surface area contributed by atoms with Gasteiger partial charge in [0.2, 0.25) is 21.8 Å². The number of amides is 2. The Morgan fingerprint density at radius 1 is 1.12 bits per heavy atom. The molecule has 0 aliphatic rings. The Kier molecular flexibility index (Phi) is 9.46. The van der Waals surface area contributed by atoms with Crippen molar-refractivity contribution in [3.8, 4) is 0 Å². The van der Waals surface area contributed by atoms with Gasteiger partial charge in [0, 0.05) is 23.7 Å². The van der Waals surface area contributed by atoms with Gasteiger partial charge in [0.05, 0.1) is 11.9 Å². The summed E-state index contributed by atoms with van der Waals surface area (Å²) in [5.41, 5.74) is 1.07. The highest BCUT2D eigenvalue weighted by atomic mass is 35.5. The molecule has 0 radical (unpaired) electrons. The van der Waals surface area contributed by atoms with Gasteiger partial charge >= 0.3 is 0 Å². The lowest BCUT2D eigenvalue weighted by Crippen LogP contribution is -2.51. The Labute approximate surface area is 205 Å². The summed E-state index contributed by atoms with van der Waals surface area (Å²) in [6.45, 7) is 6.73. The molecule has 1 atom stereocenters. The summed E-state index contributed by atoms with van der Waals surface area (Å²) < 4.78 is 40.6. The van der Waals surface area contributed by atoms with E-state index in [0.717, 1.165) is 10.6 Å². The predicted octanol–water partition coefficient (Wildman–Crippen LogP) is 3.74. The van der Waals surface area contributed by atoms with Gasteiger partial charge in [0.25, 0.3) is 0 Å².